The van der Waals surface area contributed by atoms with Crippen LogP contribution >= 0.6 is 11.3 Å². The van der Waals surface area contributed by atoms with Gasteiger partial charge in [0.1, 0.15) is 10.6 Å². The number of aryl methyl sites for hydroxylation is 1. The SMILES string of the molecule is CCNC(=O)CN1CCCN(C(=O)c2cc3c(C)nn(Cc4ccc(F)cc4)c3s2)CC1. The van der Waals surface area contributed by atoms with Crippen LogP contribution in [-0.2, 0) is 11.3 Å². The van der Waals surface area contributed by atoms with Crippen LogP contribution in [0.15, 0.2) is 30.3 Å². The zero-order chi connectivity index (χ0) is 22.7. The number of hydrogen-bond acceptors (Lipinski definition) is 5. The van der Waals surface area contributed by atoms with Crippen molar-refractivity contribution in [3.05, 3.63) is 52.3 Å². The molecule has 0 aliphatic carbocycles. The van der Waals surface area contributed by atoms with E-state index in [-0.39, 0.29) is 17.6 Å². The number of hydrogen-bond donors (Lipinski definition) is 1. The molecule has 7 nitrogen and oxygen atoms in total. The van der Waals surface area contributed by atoms with Gasteiger partial charge in [0.25, 0.3) is 5.91 Å². The fraction of sp³-hybridized carbons (Fsp3) is 0.435. The van der Waals surface area contributed by atoms with Gasteiger partial charge >= 0.3 is 0 Å². The Bertz CT molecular complexity index is 1110. The van der Waals surface area contributed by atoms with Gasteiger partial charge in [-0.15, -0.1) is 11.3 Å². The molecule has 0 atom stereocenters. The smallest absolute Gasteiger partial charge is 0.264 e. The quantitative estimate of drug-likeness (QED) is 0.618. The number of nitrogens with one attached hydrogen (secondary N) is 1. The Kier molecular flexibility index (Phi) is 6.86. The molecule has 1 aliphatic heterocycles. The summed E-state index contributed by atoms with van der Waals surface area (Å²) < 4.78 is 15.1. The van der Waals surface area contributed by atoms with Crippen LogP contribution in [0.2, 0.25) is 0 Å². The highest BCUT2D eigenvalue weighted by Crippen LogP contribution is 2.30. The molecular weight excluding hydrogens is 429 g/mol. The van der Waals surface area contributed by atoms with E-state index in [1.54, 1.807) is 12.1 Å². The van der Waals surface area contributed by atoms with Gasteiger partial charge in [-0.1, -0.05) is 12.1 Å². The van der Waals surface area contributed by atoms with Crippen molar-refractivity contribution < 1.29 is 14.0 Å². The monoisotopic (exact) mass is 457 g/mol. The number of carbonyl (C=O) groups excluding carboxylic acids is 2. The van der Waals surface area contributed by atoms with E-state index < -0.39 is 0 Å². The predicted octanol–water partition coefficient (Wildman–Crippen LogP) is 2.88. The van der Waals surface area contributed by atoms with Gasteiger partial charge in [0.2, 0.25) is 5.91 Å². The van der Waals surface area contributed by atoms with E-state index in [1.807, 2.05) is 29.5 Å². The molecular formula is C23H28FN5O2S. The van der Waals surface area contributed by atoms with Crippen molar-refractivity contribution in [3.8, 4) is 0 Å². The lowest BCUT2D eigenvalue weighted by Gasteiger charge is -2.21. The summed E-state index contributed by atoms with van der Waals surface area (Å²) in [4.78, 5) is 30.8. The first-order valence-corrected chi connectivity index (χ1v) is 11.8. The van der Waals surface area contributed by atoms with E-state index in [9.17, 15) is 14.0 Å². The standard InChI is InChI=1S/C23H28FN5O2S/c1-3-25-21(30)15-27-9-4-10-28(12-11-27)22(31)20-13-19-16(2)26-29(23(19)32-20)14-17-5-7-18(24)8-6-17/h5-8,13H,3-4,9-12,14-15H2,1-2H3,(H,25,30). The number of amides is 2. The number of likely N-dealkylation sites (N-methyl/N-ethyl adjacent to an activating group) is 1. The number of halogens is 1. The minimum absolute atomic E-state index is 0.0259. The highest BCUT2D eigenvalue weighted by molar-refractivity contribution is 7.20. The lowest BCUT2D eigenvalue weighted by molar-refractivity contribution is -0.122. The normalized spacial score (nSPS) is 15.2. The Hall–Kier alpha value is -2.78. The minimum atomic E-state index is -0.262. The van der Waals surface area contributed by atoms with E-state index in [0.29, 0.717) is 44.1 Å². The van der Waals surface area contributed by atoms with Crippen LogP contribution in [0, 0.1) is 12.7 Å². The zero-order valence-electron chi connectivity index (χ0n) is 18.4. The van der Waals surface area contributed by atoms with E-state index in [0.717, 1.165) is 34.4 Å². The van der Waals surface area contributed by atoms with Gasteiger partial charge in [0, 0.05) is 38.1 Å². The van der Waals surface area contributed by atoms with Crippen molar-refractivity contribution in [2.24, 2.45) is 0 Å². The number of nitrogens with zero attached hydrogens (tertiary/aromatic N) is 4. The van der Waals surface area contributed by atoms with Crippen molar-refractivity contribution in [1.82, 2.24) is 24.9 Å². The Labute approximate surface area is 190 Å². The molecule has 170 valence electrons. The molecule has 0 bridgehead atoms. The Morgan fingerprint density at radius 3 is 2.69 bits per heavy atom. The molecule has 9 heteroatoms. The molecule has 3 heterocycles. The average Bonchev–Trinajstić information content (AvgIpc) is 3.23. The molecule has 2 amide bonds. The number of carbonyl (C=O) groups is 2. The van der Waals surface area contributed by atoms with Gasteiger partial charge in [-0.25, -0.2) is 4.39 Å². The molecule has 1 N–H and O–H groups in total. The molecule has 32 heavy (non-hydrogen) atoms. The molecule has 0 spiro atoms. The molecule has 0 radical (unpaired) electrons. The molecule has 4 rings (SSSR count). The van der Waals surface area contributed by atoms with Crippen LogP contribution < -0.4 is 5.32 Å². The largest absolute Gasteiger partial charge is 0.355 e. The van der Waals surface area contributed by atoms with Gasteiger partial charge < -0.3 is 10.2 Å². The summed E-state index contributed by atoms with van der Waals surface area (Å²) >= 11 is 1.45. The first-order chi connectivity index (χ1) is 15.4. The lowest BCUT2D eigenvalue weighted by Crippen LogP contribution is -2.39. The summed E-state index contributed by atoms with van der Waals surface area (Å²) in [6.07, 6.45) is 0.841. The second kappa shape index (κ2) is 9.79. The third kappa shape index (κ3) is 4.99. The predicted molar refractivity (Wildman–Crippen MR) is 123 cm³/mol. The van der Waals surface area contributed by atoms with Crippen LogP contribution in [-0.4, -0.2) is 70.7 Å². The average molecular weight is 458 g/mol. The Balaban J connectivity index is 1.47. The molecule has 1 aromatic carbocycles. The lowest BCUT2D eigenvalue weighted by atomic mass is 10.2. The fourth-order valence-corrected chi connectivity index (χ4v) is 5.16. The fourth-order valence-electron chi connectivity index (χ4n) is 4.03. The molecule has 0 unspecified atom stereocenters. The highest BCUT2D eigenvalue weighted by atomic mass is 32.1. The molecule has 1 saturated heterocycles. The van der Waals surface area contributed by atoms with Crippen LogP contribution in [0.1, 0.15) is 34.3 Å². The summed E-state index contributed by atoms with van der Waals surface area (Å²) in [7, 11) is 0. The van der Waals surface area contributed by atoms with Crippen LogP contribution in [0.4, 0.5) is 4.39 Å². The topological polar surface area (TPSA) is 70.5 Å². The third-order valence-corrected chi connectivity index (χ3v) is 6.82. The third-order valence-electron chi connectivity index (χ3n) is 5.68. The minimum Gasteiger partial charge on any atom is -0.355 e. The summed E-state index contributed by atoms with van der Waals surface area (Å²) in [5, 5.41) is 8.42. The van der Waals surface area contributed by atoms with E-state index in [4.69, 9.17) is 0 Å². The van der Waals surface area contributed by atoms with E-state index in [1.165, 1.54) is 23.5 Å². The number of thiophene rings is 1. The summed E-state index contributed by atoms with van der Waals surface area (Å²) in [6, 6.07) is 8.33. The first kappa shape index (κ1) is 22.4. The molecule has 3 aromatic rings. The second-order valence-electron chi connectivity index (χ2n) is 8.07. The zero-order valence-corrected chi connectivity index (χ0v) is 19.3. The van der Waals surface area contributed by atoms with Crippen molar-refractivity contribution >= 4 is 33.4 Å². The number of fused-ring (bicyclic) bond motifs is 1. The van der Waals surface area contributed by atoms with Crippen LogP contribution in [0.25, 0.3) is 10.2 Å². The van der Waals surface area contributed by atoms with Crippen LogP contribution in [0.5, 0.6) is 0 Å². The van der Waals surface area contributed by atoms with Crippen LogP contribution in [0.3, 0.4) is 0 Å². The van der Waals surface area contributed by atoms with E-state index >= 15 is 0 Å². The molecule has 0 saturated carbocycles. The second-order valence-corrected chi connectivity index (χ2v) is 9.11. The maximum absolute atomic E-state index is 13.2. The number of aromatic nitrogens is 2. The van der Waals surface area contributed by atoms with Crippen molar-refractivity contribution in [3.63, 3.8) is 0 Å². The Morgan fingerprint density at radius 1 is 1.16 bits per heavy atom. The maximum atomic E-state index is 13.2. The van der Waals surface area contributed by atoms with Gasteiger partial charge in [-0.3, -0.25) is 19.2 Å². The van der Waals surface area contributed by atoms with E-state index in [2.05, 4.69) is 15.3 Å². The van der Waals surface area contributed by atoms with Gasteiger partial charge in [0.05, 0.1) is 23.7 Å². The van der Waals surface area contributed by atoms with Crippen molar-refractivity contribution in [1.29, 1.82) is 0 Å². The van der Waals surface area contributed by atoms with Gasteiger partial charge in [0.15, 0.2) is 0 Å². The Morgan fingerprint density at radius 2 is 1.94 bits per heavy atom. The summed E-state index contributed by atoms with van der Waals surface area (Å²) in [5.74, 6) is -0.210. The highest BCUT2D eigenvalue weighted by Gasteiger charge is 2.24. The van der Waals surface area contributed by atoms with Crippen molar-refractivity contribution in [2.45, 2.75) is 26.8 Å². The maximum Gasteiger partial charge on any atom is 0.264 e. The van der Waals surface area contributed by atoms with Gasteiger partial charge in [-0.2, -0.15) is 5.10 Å². The molecule has 1 aliphatic rings. The van der Waals surface area contributed by atoms with Gasteiger partial charge in [-0.05, 0) is 44.0 Å². The number of benzene rings is 1. The molecule has 2 aromatic heterocycles. The number of rotatable bonds is 6. The summed E-state index contributed by atoms with van der Waals surface area (Å²) in [6.45, 7) is 8.15. The summed E-state index contributed by atoms with van der Waals surface area (Å²) in [5.41, 5.74) is 1.83. The first-order valence-electron chi connectivity index (χ1n) is 10.9. The van der Waals surface area contributed by atoms with Crippen molar-refractivity contribution in [2.75, 3.05) is 39.3 Å². The molecule has 1 fully saturated rings.